The highest BCUT2D eigenvalue weighted by molar-refractivity contribution is 5.73. The second kappa shape index (κ2) is 5.23. The molecule has 2 amide bonds. The van der Waals surface area contributed by atoms with Crippen molar-refractivity contribution in [1.82, 2.24) is 5.32 Å². The summed E-state index contributed by atoms with van der Waals surface area (Å²) in [5.41, 5.74) is 6.99. The Hall–Kier alpha value is -2.49. The SMILES string of the molecule is NC(=O)NC(c1ccccc1)c1ccc(O)cc1. The monoisotopic (exact) mass is 242 g/mol. The van der Waals surface area contributed by atoms with E-state index in [0.29, 0.717) is 0 Å². The molecule has 0 bridgehead atoms. The number of hydrogen-bond acceptors (Lipinski definition) is 2. The maximum absolute atomic E-state index is 11.1. The Labute approximate surface area is 105 Å². The van der Waals surface area contributed by atoms with Crippen molar-refractivity contribution in [1.29, 1.82) is 0 Å². The zero-order valence-corrected chi connectivity index (χ0v) is 9.71. The second-order valence-electron chi connectivity index (χ2n) is 3.94. The van der Waals surface area contributed by atoms with Gasteiger partial charge < -0.3 is 16.2 Å². The molecule has 0 spiro atoms. The van der Waals surface area contributed by atoms with Crippen molar-refractivity contribution in [2.75, 3.05) is 0 Å². The van der Waals surface area contributed by atoms with E-state index in [1.165, 1.54) is 0 Å². The molecule has 2 rings (SSSR count). The van der Waals surface area contributed by atoms with E-state index in [0.717, 1.165) is 11.1 Å². The lowest BCUT2D eigenvalue weighted by Gasteiger charge is -2.18. The number of urea groups is 1. The number of primary amides is 1. The number of aromatic hydroxyl groups is 1. The molecule has 0 aliphatic heterocycles. The molecule has 92 valence electrons. The van der Waals surface area contributed by atoms with Crippen LogP contribution in [0.4, 0.5) is 4.79 Å². The van der Waals surface area contributed by atoms with Gasteiger partial charge in [-0.05, 0) is 23.3 Å². The van der Waals surface area contributed by atoms with E-state index in [2.05, 4.69) is 5.32 Å². The number of phenols is 1. The summed E-state index contributed by atoms with van der Waals surface area (Å²) in [5.74, 6) is 0.185. The normalized spacial score (nSPS) is 11.8. The van der Waals surface area contributed by atoms with Gasteiger partial charge in [0.2, 0.25) is 0 Å². The van der Waals surface area contributed by atoms with Crippen LogP contribution in [0.2, 0.25) is 0 Å². The number of carbonyl (C=O) groups is 1. The minimum absolute atomic E-state index is 0.185. The lowest BCUT2D eigenvalue weighted by Crippen LogP contribution is -2.33. The number of phenolic OH excluding ortho intramolecular Hbond substituents is 1. The van der Waals surface area contributed by atoms with Crippen molar-refractivity contribution in [3.63, 3.8) is 0 Å². The molecule has 4 nitrogen and oxygen atoms in total. The fraction of sp³-hybridized carbons (Fsp3) is 0.0714. The number of nitrogens with one attached hydrogen (secondary N) is 1. The maximum Gasteiger partial charge on any atom is 0.312 e. The van der Waals surface area contributed by atoms with Crippen LogP contribution in [0.15, 0.2) is 54.6 Å². The van der Waals surface area contributed by atoms with Crippen LogP contribution >= 0.6 is 0 Å². The van der Waals surface area contributed by atoms with Crippen molar-refractivity contribution < 1.29 is 9.90 Å². The van der Waals surface area contributed by atoms with E-state index in [-0.39, 0.29) is 11.8 Å². The summed E-state index contributed by atoms with van der Waals surface area (Å²) in [6.45, 7) is 0. The van der Waals surface area contributed by atoms with E-state index in [1.54, 1.807) is 24.3 Å². The zero-order chi connectivity index (χ0) is 13.0. The van der Waals surface area contributed by atoms with Gasteiger partial charge >= 0.3 is 6.03 Å². The Morgan fingerprint density at radius 1 is 1.00 bits per heavy atom. The van der Waals surface area contributed by atoms with Crippen molar-refractivity contribution in [2.45, 2.75) is 6.04 Å². The van der Waals surface area contributed by atoms with Gasteiger partial charge in [0, 0.05) is 0 Å². The first-order valence-electron chi connectivity index (χ1n) is 5.56. The molecular formula is C14H14N2O2. The van der Waals surface area contributed by atoms with Crippen LogP contribution in [0.5, 0.6) is 5.75 Å². The zero-order valence-electron chi connectivity index (χ0n) is 9.71. The Morgan fingerprint density at radius 3 is 2.11 bits per heavy atom. The third-order valence-corrected chi connectivity index (χ3v) is 2.65. The average Bonchev–Trinajstić information content (AvgIpc) is 2.38. The first kappa shape index (κ1) is 12.0. The Kier molecular flexibility index (Phi) is 3.48. The minimum Gasteiger partial charge on any atom is -0.508 e. The van der Waals surface area contributed by atoms with Gasteiger partial charge in [-0.25, -0.2) is 4.79 Å². The average molecular weight is 242 g/mol. The highest BCUT2D eigenvalue weighted by Gasteiger charge is 2.14. The summed E-state index contributed by atoms with van der Waals surface area (Å²) in [7, 11) is 0. The largest absolute Gasteiger partial charge is 0.508 e. The highest BCUT2D eigenvalue weighted by Crippen LogP contribution is 2.23. The summed E-state index contributed by atoms with van der Waals surface area (Å²) in [5, 5.41) is 12.0. The van der Waals surface area contributed by atoms with Crippen molar-refractivity contribution in [3.05, 3.63) is 65.7 Å². The quantitative estimate of drug-likeness (QED) is 0.771. The molecule has 0 aromatic heterocycles. The summed E-state index contributed by atoms with van der Waals surface area (Å²) < 4.78 is 0. The molecule has 2 aromatic rings. The molecule has 2 aromatic carbocycles. The third kappa shape index (κ3) is 2.79. The fourth-order valence-electron chi connectivity index (χ4n) is 1.81. The van der Waals surface area contributed by atoms with Crippen LogP contribution in [0.3, 0.4) is 0 Å². The number of rotatable bonds is 3. The molecule has 1 atom stereocenters. The third-order valence-electron chi connectivity index (χ3n) is 2.65. The molecule has 18 heavy (non-hydrogen) atoms. The molecule has 4 heteroatoms. The van der Waals surface area contributed by atoms with Crippen LogP contribution in [0, 0.1) is 0 Å². The van der Waals surface area contributed by atoms with Crippen LogP contribution < -0.4 is 11.1 Å². The summed E-state index contributed by atoms with van der Waals surface area (Å²) in [4.78, 5) is 11.1. The van der Waals surface area contributed by atoms with E-state index in [9.17, 15) is 9.90 Å². The van der Waals surface area contributed by atoms with Gasteiger partial charge in [-0.2, -0.15) is 0 Å². The number of nitrogens with two attached hydrogens (primary N) is 1. The molecule has 0 saturated carbocycles. The topological polar surface area (TPSA) is 75.4 Å². The van der Waals surface area contributed by atoms with Crippen molar-refractivity contribution >= 4 is 6.03 Å². The van der Waals surface area contributed by atoms with Crippen LogP contribution in [-0.2, 0) is 0 Å². The first-order valence-corrected chi connectivity index (χ1v) is 5.56. The fourth-order valence-corrected chi connectivity index (χ4v) is 1.81. The lowest BCUT2D eigenvalue weighted by atomic mass is 9.99. The molecule has 4 N–H and O–H groups in total. The van der Waals surface area contributed by atoms with Gasteiger partial charge in [0.05, 0.1) is 6.04 Å². The Bertz CT molecular complexity index is 523. The van der Waals surface area contributed by atoms with Crippen molar-refractivity contribution in [2.24, 2.45) is 5.73 Å². The van der Waals surface area contributed by atoms with Gasteiger partial charge in [0.1, 0.15) is 5.75 Å². The standard InChI is InChI=1S/C14H14N2O2/c15-14(18)16-13(10-4-2-1-3-5-10)11-6-8-12(17)9-7-11/h1-9,13,17H,(H3,15,16,18). The Morgan fingerprint density at radius 2 is 1.56 bits per heavy atom. The number of benzene rings is 2. The molecule has 0 aliphatic rings. The Balaban J connectivity index is 2.36. The van der Waals surface area contributed by atoms with E-state index in [4.69, 9.17) is 5.73 Å². The molecule has 0 heterocycles. The van der Waals surface area contributed by atoms with Crippen LogP contribution in [0.25, 0.3) is 0 Å². The van der Waals surface area contributed by atoms with Crippen LogP contribution in [0.1, 0.15) is 17.2 Å². The van der Waals surface area contributed by atoms with Gasteiger partial charge in [0.15, 0.2) is 0 Å². The molecule has 0 aliphatic carbocycles. The molecule has 1 unspecified atom stereocenters. The smallest absolute Gasteiger partial charge is 0.312 e. The van der Waals surface area contributed by atoms with Gasteiger partial charge in [-0.1, -0.05) is 42.5 Å². The molecular weight excluding hydrogens is 228 g/mol. The van der Waals surface area contributed by atoms with E-state index < -0.39 is 6.03 Å². The van der Waals surface area contributed by atoms with E-state index >= 15 is 0 Å². The minimum atomic E-state index is -0.586. The van der Waals surface area contributed by atoms with Crippen molar-refractivity contribution in [3.8, 4) is 5.75 Å². The maximum atomic E-state index is 11.1. The number of amides is 2. The van der Waals surface area contributed by atoms with Crippen LogP contribution in [-0.4, -0.2) is 11.1 Å². The summed E-state index contributed by atoms with van der Waals surface area (Å²) >= 11 is 0. The van der Waals surface area contributed by atoms with Gasteiger partial charge in [-0.3, -0.25) is 0 Å². The predicted octanol–water partition coefficient (Wildman–Crippen LogP) is 2.15. The first-order chi connectivity index (χ1) is 8.66. The van der Waals surface area contributed by atoms with Gasteiger partial charge in [-0.15, -0.1) is 0 Å². The molecule has 0 radical (unpaired) electrons. The number of hydrogen-bond donors (Lipinski definition) is 3. The molecule has 0 saturated heterocycles. The lowest BCUT2D eigenvalue weighted by molar-refractivity contribution is 0.247. The highest BCUT2D eigenvalue weighted by atomic mass is 16.3. The van der Waals surface area contributed by atoms with Gasteiger partial charge in [0.25, 0.3) is 0 Å². The second-order valence-corrected chi connectivity index (χ2v) is 3.94. The molecule has 0 fully saturated rings. The predicted molar refractivity (Wildman–Crippen MR) is 69.1 cm³/mol. The number of carbonyl (C=O) groups excluding carboxylic acids is 1. The summed E-state index contributed by atoms with van der Waals surface area (Å²) in [6, 6.07) is 15.3. The summed E-state index contributed by atoms with van der Waals surface area (Å²) in [6.07, 6.45) is 0. The van der Waals surface area contributed by atoms with E-state index in [1.807, 2.05) is 30.3 Å².